The SMILES string of the molecule is c1ccc(CCN2CCN(CCCn3ccc4ccc(-n5cnnc5)cc43)CC2)cc1. The maximum atomic E-state index is 3.92. The summed E-state index contributed by atoms with van der Waals surface area (Å²) in [6, 6.07) is 19.6. The quantitative estimate of drug-likeness (QED) is 0.443. The van der Waals surface area contributed by atoms with Gasteiger partial charge in [0.1, 0.15) is 12.7 Å². The third-order valence-electron chi connectivity index (χ3n) is 6.37. The van der Waals surface area contributed by atoms with Crippen LogP contribution >= 0.6 is 0 Å². The van der Waals surface area contributed by atoms with Crippen LogP contribution in [-0.2, 0) is 13.0 Å². The van der Waals surface area contributed by atoms with Gasteiger partial charge in [-0.2, -0.15) is 0 Å². The van der Waals surface area contributed by atoms with Crippen molar-refractivity contribution in [3.05, 3.63) is 79.0 Å². The summed E-state index contributed by atoms with van der Waals surface area (Å²) in [5.74, 6) is 0. The number of aromatic nitrogens is 4. The number of hydrogen-bond acceptors (Lipinski definition) is 4. The van der Waals surface area contributed by atoms with Crippen LogP contribution in [0.3, 0.4) is 0 Å². The minimum atomic E-state index is 1.04. The molecule has 0 unspecified atom stereocenters. The van der Waals surface area contributed by atoms with Crippen LogP contribution in [0.25, 0.3) is 16.6 Å². The smallest absolute Gasteiger partial charge is 0.123 e. The summed E-state index contributed by atoms with van der Waals surface area (Å²) in [6.45, 7) is 8.10. The normalized spacial score (nSPS) is 15.6. The average molecular weight is 415 g/mol. The predicted molar refractivity (Wildman–Crippen MR) is 124 cm³/mol. The van der Waals surface area contributed by atoms with Gasteiger partial charge in [-0.15, -0.1) is 10.2 Å². The molecule has 2 aromatic carbocycles. The minimum Gasteiger partial charge on any atom is -0.347 e. The molecule has 1 fully saturated rings. The zero-order valence-electron chi connectivity index (χ0n) is 18.0. The molecule has 0 atom stereocenters. The summed E-state index contributed by atoms with van der Waals surface area (Å²) in [7, 11) is 0. The lowest BCUT2D eigenvalue weighted by Gasteiger charge is -2.34. The van der Waals surface area contributed by atoms with Gasteiger partial charge in [-0.25, -0.2) is 0 Å². The summed E-state index contributed by atoms with van der Waals surface area (Å²) in [6.07, 6.45) is 8.02. The van der Waals surface area contributed by atoms with E-state index in [0.29, 0.717) is 0 Å². The topological polar surface area (TPSA) is 42.1 Å². The first-order valence-electron chi connectivity index (χ1n) is 11.3. The van der Waals surface area contributed by atoms with Gasteiger partial charge in [-0.05, 0) is 48.5 Å². The molecule has 1 saturated heterocycles. The van der Waals surface area contributed by atoms with Crippen molar-refractivity contribution < 1.29 is 0 Å². The predicted octanol–water partition coefficient (Wildman–Crippen LogP) is 3.47. The molecule has 1 aliphatic heterocycles. The van der Waals surface area contributed by atoms with E-state index in [-0.39, 0.29) is 0 Å². The Balaban J connectivity index is 1.09. The second-order valence-corrected chi connectivity index (χ2v) is 8.39. The number of hydrogen-bond donors (Lipinski definition) is 0. The molecule has 5 rings (SSSR count). The summed E-state index contributed by atoms with van der Waals surface area (Å²) in [5, 5.41) is 9.12. The van der Waals surface area contributed by atoms with E-state index in [9.17, 15) is 0 Å². The number of fused-ring (bicyclic) bond motifs is 1. The number of nitrogens with zero attached hydrogens (tertiary/aromatic N) is 6. The van der Waals surface area contributed by atoms with E-state index in [4.69, 9.17) is 0 Å². The van der Waals surface area contributed by atoms with Gasteiger partial charge < -0.3 is 14.4 Å². The van der Waals surface area contributed by atoms with Gasteiger partial charge in [0.25, 0.3) is 0 Å². The Kier molecular flexibility index (Phi) is 6.09. The van der Waals surface area contributed by atoms with Crippen molar-refractivity contribution in [1.29, 1.82) is 0 Å². The second kappa shape index (κ2) is 9.45. The van der Waals surface area contributed by atoms with Crippen molar-refractivity contribution in [3.8, 4) is 5.69 Å². The van der Waals surface area contributed by atoms with Crippen molar-refractivity contribution >= 4 is 10.9 Å². The third-order valence-corrected chi connectivity index (χ3v) is 6.37. The molecule has 0 saturated carbocycles. The summed E-state index contributed by atoms with van der Waals surface area (Å²) in [4.78, 5) is 5.22. The zero-order chi connectivity index (χ0) is 20.9. The van der Waals surface area contributed by atoms with Crippen LogP contribution in [0.1, 0.15) is 12.0 Å². The minimum absolute atomic E-state index is 1.04. The van der Waals surface area contributed by atoms with E-state index in [0.717, 1.165) is 25.2 Å². The van der Waals surface area contributed by atoms with Crippen LogP contribution in [0.15, 0.2) is 73.4 Å². The van der Waals surface area contributed by atoms with Crippen LogP contribution in [0, 0.1) is 0 Å². The van der Waals surface area contributed by atoms with Crippen LogP contribution in [0.5, 0.6) is 0 Å². The van der Waals surface area contributed by atoms with Crippen molar-refractivity contribution in [3.63, 3.8) is 0 Å². The molecule has 31 heavy (non-hydrogen) atoms. The van der Waals surface area contributed by atoms with E-state index >= 15 is 0 Å². The van der Waals surface area contributed by atoms with Gasteiger partial charge in [0, 0.05) is 45.5 Å². The Morgan fingerprint density at radius 2 is 1.48 bits per heavy atom. The Labute approximate surface area is 183 Å². The average Bonchev–Trinajstić information content (AvgIpc) is 3.49. The lowest BCUT2D eigenvalue weighted by atomic mass is 10.1. The van der Waals surface area contributed by atoms with E-state index < -0.39 is 0 Å². The van der Waals surface area contributed by atoms with Crippen LogP contribution < -0.4 is 0 Å². The van der Waals surface area contributed by atoms with Crippen molar-refractivity contribution in [2.45, 2.75) is 19.4 Å². The Morgan fingerprint density at radius 1 is 0.742 bits per heavy atom. The molecule has 160 valence electrons. The molecule has 0 radical (unpaired) electrons. The molecule has 6 heteroatoms. The van der Waals surface area contributed by atoms with Gasteiger partial charge in [0.2, 0.25) is 0 Å². The van der Waals surface area contributed by atoms with Gasteiger partial charge in [-0.3, -0.25) is 4.57 Å². The molecule has 0 aliphatic carbocycles. The van der Waals surface area contributed by atoms with Gasteiger partial charge in [-0.1, -0.05) is 36.4 Å². The van der Waals surface area contributed by atoms with E-state index in [2.05, 4.69) is 85.4 Å². The largest absolute Gasteiger partial charge is 0.347 e. The van der Waals surface area contributed by atoms with Crippen LogP contribution in [0.4, 0.5) is 0 Å². The fourth-order valence-electron chi connectivity index (χ4n) is 4.49. The van der Waals surface area contributed by atoms with Gasteiger partial charge in [0.05, 0.1) is 11.2 Å². The molecule has 0 spiro atoms. The second-order valence-electron chi connectivity index (χ2n) is 8.39. The van der Waals surface area contributed by atoms with E-state index in [1.165, 1.54) is 55.6 Å². The highest BCUT2D eigenvalue weighted by Crippen LogP contribution is 2.20. The van der Waals surface area contributed by atoms with Crippen molar-refractivity contribution in [2.75, 3.05) is 39.3 Å². The number of aryl methyl sites for hydroxylation is 1. The van der Waals surface area contributed by atoms with Crippen molar-refractivity contribution in [2.24, 2.45) is 0 Å². The van der Waals surface area contributed by atoms with Crippen LogP contribution in [-0.4, -0.2) is 68.4 Å². The lowest BCUT2D eigenvalue weighted by Crippen LogP contribution is -2.47. The van der Waals surface area contributed by atoms with Crippen molar-refractivity contribution in [1.82, 2.24) is 29.1 Å². The molecule has 0 bridgehead atoms. The number of benzene rings is 2. The molecular formula is C25H30N6. The van der Waals surface area contributed by atoms with Crippen LogP contribution in [0.2, 0.25) is 0 Å². The first-order valence-corrected chi connectivity index (χ1v) is 11.3. The molecule has 1 aliphatic rings. The lowest BCUT2D eigenvalue weighted by molar-refractivity contribution is 0.131. The Hall–Kier alpha value is -2.96. The number of piperazine rings is 1. The maximum absolute atomic E-state index is 3.92. The number of rotatable bonds is 8. The highest BCUT2D eigenvalue weighted by molar-refractivity contribution is 5.82. The highest BCUT2D eigenvalue weighted by Gasteiger charge is 2.16. The summed E-state index contributed by atoms with van der Waals surface area (Å²) in [5.41, 5.74) is 3.82. The molecule has 2 aromatic heterocycles. The molecule has 3 heterocycles. The zero-order valence-corrected chi connectivity index (χ0v) is 18.0. The van der Waals surface area contributed by atoms with Gasteiger partial charge in [0.15, 0.2) is 0 Å². The fraction of sp³-hybridized carbons (Fsp3) is 0.360. The first kappa shape index (κ1) is 20.0. The fourth-order valence-corrected chi connectivity index (χ4v) is 4.49. The molecule has 6 nitrogen and oxygen atoms in total. The Bertz CT molecular complexity index is 1080. The maximum Gasteiger partial charge on any atom is 0.123 e. The van der Waals surface area contributed by atoms with E-state index in [1.807, 2.05) is 4.57 Å². The molecule has 0 amide bonds. The molecular weight excluding hydrogens is 384 g/mol. The summed E-state index contributed by atoms with van der Waals surface area (Å²) < 4.78 is 4.33. The monoisotopic (exact) mass is 414 g/mol. The third kappa shape index (κ3) is 4.86. The standard InChI is InChI=1S/C25H30N6/c1-2-5-22(6-3-1)9-13-29-17-15-28(16-18-29)11-4-12-30-14-10-23-7-8-24(19-25(23)30)31-20-26-27-21-31/h1-3,5-8,10,14,19-21H,4,9,11-13,15-18H2. The first-order chi connectivity index (χ1) is 15.3. The van der Waals surface area contributed by atoms with Gasteiger partial charge >= 0.3 is 0 Å². The highest BCUT2D eigenvalue weighted by atomic mass is 15.3. The summed E-state index contributed by atoms with van der Waals surface area (Å²) >= 11 is 0. The molecule has 0 N–H and O–H groups in total. The van der Waals surface area contributed by atoms with E-state index in [1.54, 1.807) is 12.7 Å². The Morgan fingerprint density at radius 3 is 2.26 bits per heavy atom. The molecule has 4 aromatic rings.